The first kappa shape index (κ1) is 52.1. The van der Waals surface area contributed by atoms with Crippen molar-refractivity contribution in [3.8, 4) is 0 Å². The van der Waals surface area contributed by atoms with Crippen LogP contribution in [-0.4, -0.2) is 285 Å². The third-order valence-electron chi connectivity index (χ3n) is 9.68. The highest BCUT2D eigenvalue weighted by molar-refractivity contribution is 5.80. The van der Waals surface area contributed by atoms with Crippen LogP contribution in [0.2, 0.25) is 0 Å². The minimum Gasteiger partial charge on any atom is -0.354 e. The van der Waals surface area contributed by atoms with Crippen molar-refractivity contribution in [2.75, 3.05) is 224 Å². The van der Waals surface area contributed by atoms with Crippen molar-refractivity contribution in [3.05, 3.63) is 0 Å². The van der Waals surface area contributed by atoms with E-state index in [1.54, 1.807) is 7.05 Å². The Labute approximate surface area is 335 Å². The van der Waals surface area contributed by atoms with Crippen molar-refractivity contribution in [2.45, 2.75) is 0 Å². The first-order valence-corrected chi connectivity index (χ1v) is 19.8. The monoisotopic (exact) mass is 792 g/mol. The van der Waals surface area contributed by atoms with Crippen LogP contribution in [0.15, 0.2) is 0 Å². The molecule has 0 saturated heterocycles. The van der Waals surface area contributed by atoms with Gasteiger partial charge in [-0.25, -0.2) is 0 Å². The Hall–Kier alpha value is -2.93. The summed E-state index contributed by atoms with van der Waals surface area (Å²) >= 11 is 0. The van der Waals surface area contributed by atoms with Crippen molar-refractivity contribution in [1.82, 2.24) is 26.6 Å². The minimum absolute atomic E-state index is 0.106. The number of carbonyl (C=O) groups excluding carboxylic acids is 5. The van der Waals surface area contributed by atoms with Crippen LogP contribution < -0.4 is 26.6 Å². The first-order valence-electron chi connectivity index (χ1n) is 19.8. The van der Waals surface area contributed by atoms with Gasteiger partial charge in [-0.1, -0.05) is 0 Å². The van der Waals surface area contributed by atoms with Gasteiger partial charge in [0.05, 0.1) is 158 Å². The van der Waals surface area contributed by atoms with E-state index in [2.05, 4.69) is 111 Å². The van der Waals surface area contributed by atoms with Gasteiger partial charge in [0, 0.05) is 7.05 Å². The van der Waals surface area contributed by atoms with Crippen molar-refractivity contribution in [3.63, 3.8) is 0 Å². The largest absolute Gasteiger partial charge is 0.354 e. The highest BCUT2D eigenvalue weighted by Gasteiger charge is 2.38. The quantitative estimate of drug-likeness (QED) is 0.0520. The van der Waals surface area contributed by atoms with Gasteiger partial charge in [-0.15, -0.1) is 0 Å². The van der Waals surface area contributed by atoms with Crippen LogP contribution in [0.1, 0.15) is 0 Å². The summed E-state index contributed by atoms with van der Waals surface area (Å²) in [6.45, 7) is 7.56. The molecule has 0 bridgehead atoms. The summed E-state index contributed by atoms with van der Waals surface area (Å²) in [5, 5.41) is 14.9. The zero-order valence-corrected chi connectivity index (χ0v) is 38.2. The Morgan fingerprint density at radius 3 is 0.709 bits per heavy atom. The maximum atomic E-state index is 13.3. The maximum absolute atomic E-state index is 13.3. The predicted molar refractivity (Wildman–Crippen MR) is 220 cm³/mol. The lowest BCUT2D eigenvalue weighted by Gasteiger charge is -2.41. The fourth-order valence-electron chi connectivity index (χ4n) is 5.82. The summed E-state index contributed by atoms with van der Waals surface area (Å²) < 4.78 is 3.45. The van der Waals surface area contributed by atoms with E-state index in [9.17, 15) is 24.0 Å². The molecule has 0 spiro atoms. The van der Waals surface area contributed by atoms with Crippen LogP contribution in [-0.2, 0) is 24.0 Å². The molecule has 0 aliphatic heterocycles. The molecule has 55 heavy (non-hydrogen) atoms. The second-order valence-electron chi connectivity index (χ2n) is 20.7. The second kappa shape index (κ2) is 22.1. The molecule has 0 aliphatic rings. The molecule has 0 atom stereocenters. The Morgan fingerprint density at radius 2 is 0.509 bits per heavy atom. The van der Waals surface area contributed by atoms with E-state index in [-0.39, 0.29) is 71.2 Å². The number of likely N-dealkylation sites (N-methyl/N-ethyl adjacent to an activating group) is 8. The third kappa shape index (κ3) is 28.2. The smallest absolute Gasteiger partial charge is 0.275 e. The van der Waals surface area contributed by atoms with E-state index in [0.717, 1.165) is 26.2 Å². The summed E-state index contributed by atoms with van der Waals surface area (Å²) in [5.74, 6) is -0.669. The topological polar surface area (TPSA) is 146 Å². The Bertz CT molecular complexity index is 1080. The molecular formula is C38H87N12O5+7. The number of hydrogen-bond donors (Lipinski definition) is 5. The molecule has 17 nitrogen and oxygen atoms in total. The molecule has 322 valence electrons. The molecule has 17 heteroatoms. The van der Waals surface area contributed by atoms with Crippen LogP contribution >= 0.6 is 0 Å². The molecule has 5 amide bonds. The lowest BCUT2D eigenvalue weighted by atomic mass is 10.2. The summed E-state index contributed by atoms with van der Waals surface area (Å²) in [5.41, 5.74) is 0. The number of carbonyl (C=O) groups is 5. The average Bonchev–Trinajstić information content (AvgIpc) is 2.96. The van der Waals surface area contributed by atoms with E-state index in [1.807, 2.05) is 21.1 Å². The number of amides is 5. The molecule has 0 saturated carbocycles. The molecule has 0 radical (unpaired) electrons. The van der Waals surface area contributed by atoms with Gasteiger partial charge in [0.1, 0.15) is 26.2 Å². The number of nitrogens with zero attached hydrogens (tertiary/aromatic N) is 7. The summed E-state index contributed by atoms with van der Waals surface area (Å²) in [6.07, 6.45) is 0. The van der Waals surface area contributed by atoms with E-state index >= 15 is 0 Å². The van der Waals surface area contributed by atoms with Gasteiger partial charge in [0.25, 0.3) is 29.5 Å². The maximum Gasteiger partial charge on any atom is 0.275 e. The zero-order valence-electron chi connectivity index (χ0n) is 38.2. The molecule has 0 aromatic heterocycles. The molecule has 0 aliphatic carbocycles. The van der Waals surface area contributed by atoms with Gasteiger partial charge >= 0.3 is 0 Å². The lowest BCUT2D eigenvalue weighted by Crippen LogP contribution is -2.64. The van der Waals surface area contributed by atoms with E-state index in [0.29, 0.717) is 74.8 Å². The van der Waals surface area contributed by atoms with Crippen molar-refractivity contribution in [2.24, 2.45) is 0 Å². The predicted octanol–water partition coefficient (Wildman–Crippen LogP) is -3.64. The van der Waals surface area contributed by atoms with Gasteiger partial charge in [-0.3, -0.25) is 24.0 Å². The number of quaternary nitrogens is 7. The Balaban J connectivity index is 6.32. The standard InChI is InChI=1S/C38H82N12O5/c1-39-34(51)29-48(14,25-27-49(15,30-35(52)40-17-21-44(2,3)4)31-36(53)41-18-22-45(5,6)7)26-28-50(16,32-37(54)42-19-23-46(8,9)10)33-38(55)43-20-24-47(11,12)13/h17-33H2,1-16H3/q+2/p+5. The van der Waals surface area contributed by atoms with Gasteiger partial charge in [-0.05, 0) is 0 Å². The van der Waals surface area contributed by atoms with E-state index in [4.69, 9.17) is 0 Å². The average molecular weight is 792 g/mol. The fourth-order valence-corrected chi connectivity index (χ4v) is 5.82. The molecule has 5 N–H and O–H groups in total. The molecule has 0 aromatic carbocycles. The SMILES string of the molecule is CNC(=O)C[N+](C)(CC[N+](C)(CC(=O)NCC[N+](C)(C)C)CC(=O)NCC[N+](C)(C)C)CC[N+](C)(CC(=O)NCC[N+](C)(C)C)CC(=O)NCC[N+](C)(C)C. The van der Waals surface area contributed by atoms with Crippen LogP contribution in [0.3, 0.4) is 0 Å². The van der Waals surface area contributed by atoms with Crippen LogP contribution in [0.5, 0.6) is 0 Å². The van der Waals surface area contributed by atoms with Crippen molar-refractivity contribution < 1.29 is 55.4 Å². The van der Waals surface area contributed by atoms with Crippen LogP contribution in [0.25, 0.3) is 0 Å². The molecular weight excluding hydrogens is 704 g/mol. The van der Waals surface area contributed by atoms with Gasteiger partial charge in [0.2, 0.25) is 0 Å². The lowest BCUT2D eigenvalue weighted by molar-refractivity contribution is -0.975. The van der Waals surface area contributed by atoms with E-state index in [1.165, 1.54) is 0 Å². The summed E-state index contributed by atoms with van der Waals surface area (Å²) in [6, 6.07) is 0. The second-order valence-corrected chi connectivity index (χ2v) is 20.7. The number of hydrogen-bond acceptors (Lipinski definition) is 5. The number of rotatable bonds is 28. The molecule has 0 aromatic rings. The minimum atomic E-state index is -0.141. The fraction of sp³-hybridized carbons (Fsp3) is 0.868. The zero-order chi connectivity index (χ0) is 42.9. The highest BCUT2D eigenvalue weighted by Crippen LogP contribution is 2.12. The van der Waals surface area contributed by atoms with Crippen LogP contribution in [0.4, 0.5) is 0 Å². The van der Waals surface area contributed by atoms with E-state index < -0.39 is 0 Å². The third-order valence-corrected chi connectivity index (χ3v) is 9.68. The van der Waals surface area contributed by atoms with Crippen molar-refractivity contribution in [1.29, 1.82) is 0 Å². The molecule has 0 unspecified atom stereocenters. The molecule has 0 rings (SSSR count). The molecule has 0 heterocycles. The normalized spacial score (nSPS) is 13.2. The van der Waals surface area contributed by atoms with Crippen molar-refractivity contribution >= 4 is 29.5 Å². The Morgan fingerprint density at radius 1 is 0.309 bits per heavy atom. The summed E-state index contributed by atoms with van der Waals surface area (Å²) in [4.78, 5) is 66.3. The first-order chi connectivity index (χ1) is 24.8. The molecule has 0 fully saturated rings. The van der Waals surface area contributed by atoms with Crippen LogP contribution in [0, 0.1) is 0 Å². The van der Waals surface area contributed by atoms with Gasteiger partial charge in [-0.2, -0.15) is 0 Å². The number of nitrogens with one attached hydrogen (secondary N) is 5. The Kier molecular flexibility index (Phi) is 20.9. The van der Waals surface area contributed by atoms with Gasteiger partial charge in [0.15, 0.2) is 32.7 Å². The summed E-state index contributed by atoms with van der Waals surface area (Å²) in [7, 11) is 32.3. The van der Waals surface area contributed by atoms with Gasteiger partial charge < -0.3 is 58.0 Å². The highest BCUT2D eigenvalue weighted by atomic mass is 16.2.